The fourth-order valence-electron chi connectivity index (χ4n) is 1.85. The Morgan fingerprint density at radius 1 is 1.29 bits per heavy atom. The van der Waals surface area contributed by atoms with Crippen molar-refractivity contribution in [2.45, 2.75) is 6.42 Å². The predicted octanol–water partition coefficient (Wildman–Crippen LogP) is 3.24. The molecule has 21 heavy (non-hydrogen) atoms. The lowest BCUT2D eigenvalue weighted by Gasteiger charge is -1.97. The van der Waals surface area contributed by atoms with E-state index in [4.69, 9.17) is 5.11 Å². The Morgan fingerprint density at radius 3 is 2.86 bits per heavy atom. The average molecular weight is 318 g/mol. The number of carbonyl (C=O) groups is 2. The van der Waals surface area contributed by atoms with Crippen LogP contribution in [0, 0.1) is 0 Å². The summed E-state index contributed by atoms with van der Waals surface area (Å²) in [5.41, 5.74) is 0.444. The number of nitrogens with zero attached hydrogens (tertiary/aromatic N) is 1. The van der Waals surface area contributed by atoms with E-state index in [-0.39, 0.29) is 12.3 Å². The highest BCUT2D eigenvalue weighted by atomic mass is 32.1. The van der Waals surface area contributed by atoms with Gasteiger partial charge in [0.25, 0.3) is 5.91 Å². The van der Waals surface area contributed by atoms with Crippen molar-refractivity contribution in [3.05, 3.63) is 46.3 Å². The molecular formula is C14H10N2O3S2. The third-order valence-corrected chi connectivity index (χ3v) is 4.68. The van der Waals surface area contributed by atoms with Crippen molar-refractivity contribution in [3.8, 4) is 0 Å². The number of carbonyl (C=O) groups excluding carboxylic acids is 1. The minimum atomic E-state index is -0.942. The standard InChI is InChI=1S/C14H10N2O3S2/c17-12(18)6-9-7-20-14(15-9)16-13(19)11-5-8-3-1-2-4-10(8)21-11/h1-5,7H,6H2,(H,17,18)(H,15,16,19). The number of hydrogen-bond donors (Lipinski definition) is 2. The summed E-state index contributed by atoms with van der Waals surface area (Å²) >= 11 is 2.63. The molecule has 0 fully saturated rings. The molecule has 0 atom stereocenters. The van der Waals surface area contributed by atoms with Crippen molar-refractivity contribution in [3.63, 3.8) is 0 Å². The Morgan fingerprint density at radius 2 is 2.10 bits per heavy atom. The van der Waals surface area contributed by atoms with E-state index in [0.29, 0.717) is 15.7 Å². The second-order valence-corrected chi connectivity index (χ2v) is 6.26. The van der Waals surface area contributed by atoms with Gasteiger partial charge in [-0.3, -0.25) is 14.9 Å². The number of aliphatic carboxylic acids is 1. The number of aromatic nitrogens is 1. The number of thiophene rings is 1. The first-order valence-corrected chi connectivity index (χ1v) is 7.77. The maximum atomic E-state index is 12.2. The van der Waals surface area contributed by atoms with E-state index in [9.17, 15) is 9.59 Å². The molecule has 0 unspecified atom stereocenters. The highest BCUT2D eigenvalue weighted by Gasteiger charge is 2.13. The number of hydrogen-bond acceptors (Lipinski definition) is 5. The molecule has 2 aromatic heterocycles. The van der Waals surface area contributed by atoms with Gasteiger partial charge >= 0.3 is 5.97 Å². The molecule has 0 aliphatic heterocycles. The molecule has 1 aromatic carbocycles. The van der Waals surface area contributed by atoms with Gasteiger partial charge in [0.05, 0.1) is 17.0 Å². The Bertz CT molecular complexity index is 789. The molecule has 0 saturated carbocycles. The summed E-state index contributed by atoms with van der Waals surface area (Å²) in [5.74, 6) is -1.17. The molecule has 0 aliphatic rings. The minimum absolute atomic E-state index is 0.144. The molecule has 0 saturated heterocycles. The van der Waals surface area contributed by atoms with Gasteiger partial charge in [0.15, 0.2) is 5.13 Å². The second-order valence-electron chi connectivity index (χ2n) is 4.32. The molecule has 5 nitrogen and oxygen atoms in total. The Balaban J connectivity index is 1.76. The van der Waals surface area contributed by atoms with Crippen LogP contribution in [0.5, 0.6) is 0 Å². The van der Waals surface area contributed by atoms with Gasteiger partial charge < -0.3 is 5.11 Å². The SMILES string of the molecule is O=C(O)Cc1csc(NC(=O)c2cc3ccccc3s2)n1. The molecule has 2 heterocycles. The largest absolute Gasteiger partial charge is 0.481 e. The Hall–Kier alpha value is -2.25. The normalized spacial score (nSPS) is 10.7. The smallest absolute Gasteiger partial charge is 0.309 e. The summed E-state index contributed by atoms with van der Waals surface area (Å²) < 4.78 is 1.05. The van der Waals surface area contributed by atoms with Gasteiger partial charge in [-0.25, -0.2) is 4.98 Å². The number of carboxylic acid groups (broad SMARTS) is 1. The van der Waals surface area contributed by atoms with Gasteiger partial charge in [-0.15, -0.1) is 22.7 Å². The lowest BCUT2D eigenvalue weighted by Crippen LogP contribution is -2.10. The molecule has 0 spiro atoms. The summed E-state index contributed by atoms with van der Waals surface area (Å²) in [7, 11) is 0. The number of amides is 1. The maximum absolute atomic E-state index is 12.2. The monoisotopic (exact) mass is 318 g/mol. The Kier molecular flexibility index (Phi) is 3.68. The van der Waals surface area contributed by atoms with Gasteiger partial charge in [0.2, 0.25) is 0 Å². The van der Waals surface area contributed by atoms with Gasteiger partial charge in [-0.2, -0.15) is 0 Å². The predicted molar refractivity (Wildman–Crippen MR) is 83.2 cm³/mol. The fourth-order valence-corrected chi connectivity index (χ4v) is 3.52. The van der Waals surface area contributed by atoms with E-state index < -0.39 is 5.97 Å². The van der Waals surface area contributed by atoms with Crippen LogP contribution in [0.1, 0.15) is 15.4 Å². The number of carboxylic acids is 1. The van der Waals surface area contributed by atoms with Gasteiger partial charge in [0, 0.05) is 10.1 Å². The number of fused-ring (bicyclic) bond motifs is 1. The Labute approximate surface area is 127 Å². The quantitative estimate of drug-likeness (QED) is 0.774. The molecule has 2 N–H and O–H groups in total. The molecule has 0 radical (unpaired) electrons. The first-order valence-electron chi connectivity index (χ1n) is 6.08. The zero-order valence-electron chi connectivity index (χ0n) is 10.7. The van der Waals surface area contributed by atoms with E-state index >= 15 is 0 Å². The van der Waals surface area contributed by atoms with Crippen LogP contribution in [0.2, 0.25) is 0 Å². The van der Waals surface area contributed by atoms with E-state index in [1.54, 1.807) is 5.38 Å². The average Bonchev–Trinajstić information content (AvgIpc) is 3.04. The van der Waals surface area contributed by atoms with Crippen LogP contribution in [0.15, 0.2) is 35.7 Å². The third-order valence-electron chi connectivity index (χ3n) is 2.75. The zero-order chi connectivity index (χ0) is 14.8. The van der Waals surface area contributed by atoms with E-state index in [1.807, 2.05) is 30.3 Å². The fraction of sp³-hybridized carbons (Fsp3) is 0.0714. The molecule has 3 aromatic rings. The van der Waals surface area contributed by atoms with Crippen molar-refractivity contribution < 1.29 is 14.7 Å². The van der Waals surface area contributed by atoms with Crippen molar-refractivity contribution in [1.29, 1.82) is 0 Å². The molecule has 0 aliphatic carbocycles. The van der Waals surface area contributed by atoms with Gasteiger partial charge in [0.1, 0.15) is 0 Å². The van der Waals surface area contributed by atoms with Crippen LogP contribution in [-0.2, 0) is 11.2 Å². The number of thiazole rings is 1. The van der Waals surface area contributed by atoms with Crippen molar-refractivity contribution >= 4 is 49.8 Å². The first-order chi connectivity index (χ1) is 10.1. The molecule has 7 heteroatoms. The first kappa shape index (κ1) is 13.7. The molecular weight excluding hydrogens is 308 g/mol. The molecule has 106 valence electrons. The topological polar surface area (TPSA) is 79.3 Å². The van der Waals surface area contributed by atoms with E-state index in [1.165, 1.54) is 22.7 Å². The summed E-state index contributed by atoms with van der Waals surface area (Å²) in [6, 6.07) is 9.61. The lowest BCUT2D eigenvalue weighted by atomic mass is 10.2. The molecule has 0 bridgehead atoms. The molecule has 3 rings (SSSR count). The van der Waals surface area contributed by atoms with Crippen LogP contribution in [0.25, 0.3) is 10.1 Å². The third kappa shape index (κ3) is 3.09. The van der Waals surface area contributed by atoms with Gasteiger partial charge in [-0.05, 0) is 17.5 Å². The molecule has 1 amide bonds. The van der Waals surface area contributed by atoms with Crippen LogP contribution in [0.3, 0.4) is 0 Å². The number of anilines is 1. The van der Waals surface area contributed by atoms with E-state index in [0.717, 1.165) is 10.1 Å². The summed E-state index contributed by atoms with van der Waals surface area (Å²) in [6.07, 6.45) is -0.144. The van der Waals surface area contributed by atoms with Crippen LogP contribution in [0.4, 0.5) is 5.13 Å². The number of rotatable bonds is 4. The number of nitrogens with one attached hydrogen (secondary N) is 1. The second kappa shape index (κ2) is 5.63. The minimum Gasteiger partial charge on any atom is -0.481 e. The summed E-state index contributed by atoms with van der Waals surface area (Å²) in [5, 5.41) is 14.5. The van der Waals surface area contributed by atoms with Gasteiger partial charge in [-0.1, -0.05) is 18.2 Å². The highest BCUT2D eigenvalue weighted by Crippen LogP contribution is 2.26. The van der Waals surface area contributed by atoms with E-state index in [2.05, 4.69) is 10.3 Å². The van der Waals surface area contributed by atoms with Crippen molar-refractivity contribution in [2.75, 3.05) is 5.32 Å². The van der Waals surface area contributed by atoms with Crippen molar-refractivity contribution in [2.24, 2.45) is 0 Å². The van der Waals surface area contributed by atoms with Crippen LogP contribution < -0.4 is 5.32 Å². The van der Waals surface area contributed by atoms with Crippen LogP contribution in [-0.4, -0.2) is 22.0 Å². The summed E-state index contributed by atoms with van der Waals surface area (Å²) in [6.45, 7) is 0. The number of benzene rings is 1. The zero-order valence-corrected chi connectivity index (χ0v) is 12.3. The highest BCUT2D eigenvalue weighted by molar-refractivity contribution is 7.21. The lowest BCUT2D eigenvalue weighted by molar-refractivity contribution is -0.136. The summed E-state index contributed by atoms with van der Waals surface area (Å²) in [4.78, 5) is 27.4. The maximum Gasteiger partial charge on any atom is 0.309 e. The van der Waals surface area contributed by atoms with Crippen LogP contribution >= 0.6 is 22.7 Å². The van der Waals surface area contributed by atoms with Crippen molar-refractivity contribution in [1.82, 2.24) is 4.98 Å².